The number of sulfonamides is 1. The summed E-state index contributed by atoms with van der Waals surface area (Å²) in [7, 11) is -2.49. The third kappa shape index (κ3) is 5.28. The molecular formula is C18H26N2O5S. The molecule has 2 rings (SSSR count). The topological polar surface area (TPSA) is 92.8 Å². The maximum Gasteiger partial charge on any atom is 0.322 e. The molecule has 1 N–H and O–H groups in total. The predicted molar refractivity (Wildman–Crippen MR) is 96.9 cm³/mol. The highest BCUT2D eigenvalue weighted by Crippen LogP contribution is 2.18. The van der Waals surface area contributed by atoms with Crippen molar-refractivity contribution in [2.45, 2.75) is 56.6 Å². The number of benzene rings is 1. The number of aryl methyl sites for hydroxylation is 1. The molecule has 0 spiro atoms. The minimum Gasteiger partial charge on any atom is -0.452 e. The zero-order chi connectivity index (χ0) is 19.3. The molecule has 1 amide bonds. The molecule has 0 aliphatic heterocycles. The van der Waals surface area contributed by atoms with Crippen LogP contribution in [0, 0.1) is 6.92 Å². The molecule has 144 valence electrons. The van der Waals surface area contributed by atoms with E-state index in [2.05, 4.69) is 5.32 Å². The van der Waals surface area contributed by atoms with E-state index >= 15 is 0 Å². The second-order valence-corrected chi connectivity index (χ2v) is 8.74. The first-order valence-electron chi connectivity index (χ1n) is 8.73. The second kappa shape index (κ2) is 8.64. The van der Waals surface area contributed by atoms with Crippen LogP contribution in [0.3, 0.4) is 0 Å². The van der Waals surface area contributed by atoms with Crippen molar-refractivity contribution in [2.75, 3.05) is 13.6 Å². The van der Waals surface area contributed by atoms with Crippen molar-refractivity contribution in [3.63, 3.8) is 0 Å². The molecule has 1 aliphatic rings. The fraction of sp³-hybridized carbons (Fsp3) is 0.556. The van der Waals surface area contributed by atoms with Crippen molar-refractivity contribution in [2.24, 2.45) is 0 Å². The molecule has 1 aromatic rings. The fourth-order valence-electron chi connectivity index (χ4n) is 2.83. The molecule has 1 aliphatic carbocycles. The number of hydrogen-bond donors (Lipinski definition) is 1. The molecular weight excluding hydrogens is 356 g/mol. The van der Waals surface area contributed by atoms with E-state index in [0.29, 0.717) is 0 Å². The van der Waals surface area contributed by atoms with Crippen molar-refractivity contribution >= 4 is 21.9 Å². The van der Waals surface area contributed by atoms with Crippen molar-refractivity contribution < 1.29 is 22.7 Å². The summed E-state index contributed by atoms with van der Waals surface area (Å²) in [6, 6.07) is 6.49. The van der Waals surface area contributed by atoms with Gasteiger partial charge < -0.3 is 10.1 Å². The average molecular weight is 382 g/mol. The summed E-state index contributed by atoms with van der Waals surface area (Å²) in [5.74, 6) is -1.12. The molecule has 0 heterocycles. The van der Waals surface area contributed by atoms with Crippen LogP contribution in [-0.4, -0.2) is 50.3 Å². The Morgan fingerprint density at radius 2 is 1.81 bits per heavy atom. The van der Waals surface area contributed by atoms with Crippen molar-refractivity contribution in [1.29, 1.82) is 0 Å². The van der Waals surface area contributed by atoms with E-state index in [9.17, 15) is 18.0 Å². The van der Waals surface area contributed by atoms with E-state index in [1.54, 1.807) is 12.1 Å². The van der Waals surface area contributed by atoms with Gasteiger partial charge in [-0.3, -0.25) is 9.59 Å². The van der Waals surface area contributed by atoms with Crippen LogP contribution >= 0.6 is 0 Å². The highest BCUT2D eigenvalue weighted by atomic mass is 32.2. The van der Waals surface area contributed by atoms with E-state index in [1.165, 1.54) is 26.1 Å². The summed E-state index contributed by atoms with van der Waals surface area (Å²) in [6.45, 7) is 2.88. The van der Waals surface area contributed by atoms with Crippen LogP contribution in [-0.2, 0) is 24.3 Å². The van der Waals surface area contributed by atoms with Crippen LogP contribution in [0.5, 0.6) is 0 Å². The highest BCUT2D eigenvalue weighted by Gasteiger charge is 2.26. The molecule has 1 atom stereocenters. The van der Waals surface area contributed by atoms with Crippen LogP contribution in [0.25, 0.3) is 0 Å². The molecule has 8 heteroatoms. The SMILES string of the molecule is Cc1ccc(S(=O)(=O)N(C)CC(=O)O[C@H](C)C(=O)NC2CCCC2)cc1. The number of esters is 1. The van der Waals surface area contributed by atoms with E-state index in [-0.39, 0.29) is 16.8 Å². The number of carbonyl (C=O) groups is 2. The van der Waals surface area contributed by atoms with Gasteiger partial charge in [-0.1, -0.05) is 30.5 Å². The Morgan fingerprint density at radius 3 is 2.38 bits per heavy atom. The number of ether oxygens (including phenoxy) is 1. The Labute approximate surface area is 154 Å². The predicted octanol–water partition coefficient (Wildman–Crippen LogP) is 1.61. The Balaban J connectivity index is 1.89. The molecule has 0 bridgehead atoms. The van der Waals surface area contributed by atoms with Gasteiger partial charge in [0.25, 0.3) is 5.91 Å². The zero-order valence-corrected chi connectivity index (χ0v) is 16.2. The maximum atomic E-state index is 12.5. The Morgan fingerprint density at radius 1 is 1.23 bits per heavy atom. The van der Waals surface area contributed by atoms with Gasteiger partial charge in [-0.25, -0.2) is 8.42 Å². The van der Waals surface area contributed by atoms with Gasteiger partial charge in [-0.2, -0.15) is 4.31 Å². The lowest BCUT2D eigenvalue weighted by Crippen LogP contribution is -2.42. The van der Waals surface area contributed by atoms with Gasteiger partial charge in [-0.15, -0.1) is 0 Å². The van der Waals surface area contributed by atoms with Crippen LogP contribution < -0.4 is 5.32 Å². The van der Waals surface area contributed by atoms with E-state index in [1.807, 2.05) is 6.92 Å². The van der Waals surface area contributed by atoms with Gasteiger partial charge in [0.1, 0.15) is 6.54 Å². The van der Waals surface area contributed by atoms with Gasteiger partial charge in [-0.05, 0) is 38.8 Å². The van der Waals surface area contributed by atoms with Crippen LogP contribution in [0.2, 0.25) is 0 Å². The molecule has 7 nitrogen and oxygen atoms in total. The zero-order valence-electron chi connectivity index (χ0n) is 15.4. The number of nitrogens with zero attached hydrogens (tertiary/aromatic N) is 1. The number of likely N-dealkylation sites (N-methyl/N-ethyl adjacent to an activating group) is 1. The van der Waals surface area contributed by atoms with Gasteiger partial charge in [0.05, 0.1) is 4.90 Å². The van der Waals surface area contributed by atoms with Crippen LogP contribution in [0.1, 0.15) is 38.2 Å². The molecule has 26 heavy (non-hydrogen) atoms. The first-order chi connectivity index (χ1) is 12.2. The lowest BCUT2D eigenvalue weighted by molar-refractivity contribution is -0.155. The van der Waals surface area contributed by atoms with E-state index < -0.39 is 28.6 Å². The number of hydrogen-bond acceptors (Lipinski definition) is 5. The lowest BCUT2D eigenvalue weighted by Gasteiger charge is -2.20. The second-order valence-electron chi connectivity index (χ2n) is 6.70. The lowest BCUT2D eigenvalue weighted by atomic mass is 10.2. The van der Waals surface area contributed by atoms with Gasteiger partial charge in [0, 0.05) is 13.1 Å². The van der Waals surface area contributed by atoms with E-state index in [4.69, 9.17) is 4.74 Å². The standard InChI is InChI=1S/C18H26N2O5S/c1-13-8-10-16(11-9-13)26(23,24)20(3)12-17(21)25-14(2)18(22)19-15-6-4-5-7-15/h8-11,14-15H,4-7,12H2,1-3H3,(H,19,22)/t14-/m1/s1. The van der Waals surface area contributed by atoms with E-state index in [0.717, 1.165) is 35.6 Å². The molecule has 0 aromatic heterocycles. The molecule has 1 fully saturated rings. The summed E-state index contributed by atoms with van der Waals surface area (Å²) < 4.78 is 30.9. The Hall–Kier alpha value is -1.93. The number of amides is 1. The smallest absolute Gasteiger partial charge is 0.322 e. The first-order valence-corrected chi connectivity index (χ1v) is 10.2. The maximum absolute atomic E-state index is 12.5. The average Bonchev–Trinajstić information content (AvgIpc) is 3.07. The summed E-state index contributed by atoms with van der Waals surface area (Å²) in [5, 5.41) is 2.85. The number of rotatable bonds is 7. The van der Waals surface area contributed by atoms with Gasteiger partial charge in [0.15, 0.2) is 6.10 Å². The molecule has 1 saturated carbocycles. The normalized spacial score (nSPS) is 16.5. The Bertz CT molecular complexity index is 739. The van der Waals surface area contributed by atoms with Crippen LogP contribution in [0.15, 0.2) is 29.2 Å². The largest absolute Gasteiger partial charge is 0.452 e. The van der Waals surface area contributed by atoms with Crippen molar-refractivity contribution in [3.05, 3.63) is 29.8 Å². The number of carbonyl (C=O) groups excluding carboxylic acids is 2. The molecule has 0 unspecified atom stereocenters. The molecule has 0 radical (unpaired) electrons. The van der Waals surface area contributed by atoms with Crippen molar-refractivity contribution in [1.82, 2.24) is 9.62 Å². The summed E-state index contributed by atoms with van der Waals surface area (Å²) in [6.07, 6.45) is 3.08. The highest BCUT2D eigenvalue weighted by molar-refractivity contribution is 7.89. The minimum atomic E-state index is -3.79. The third-order valence-corrected chi connectivity index (χ3v) is 6.28. The van der Waals surface area contributed by atoms with Gasteiger partial charge >= 0.3 is 5.97 Å². The Kier molecular flexibility index (Phi) is 6.77. The fourth-order valence-corrected chi connectivity index (χ4v) is 3.95. The monoisotopic (exact) mass is 382 g/mol. The third-order valence-electron chi connectivity index (χ3n) is 4.46. The molecule has 0 saturated heterocycles. The minimum absolute atomic E-state index is 0.102. The quantitative estimate of drug-likeness (QED) is 0.723. The summed E-state index contributed by atoms with van der Waals surface area (Å²) >= 11 is 0. The van der Waals surface area contributed by atoms with Gasteiger partial charge in [0.2, 0.25) is 10.0 Å². The number of nitrogens with one attached hydrogen (secondary N) is 1. The summed E-state index contributed by atoms with van der Waals surface area (Å²) in [4.78, 5) is 24.2. The van der Waals surface area contributed by atoms with Crippen LogP contribution in [0.4, 0.5) is 0 Å². The molecule has 1 aromatic carbocycles. The summed E-state index contributed by atoms with van der Waals surface area (Å²) in [5.41, 5.74) is 0.938. The first kappa shape index (κ1) is 20.4. The van der Waals surface area contributed by atoms with Crippen molar-refractivity contribution in [3.8, 4) is 0 Å².